The minimum absolute atomic E-state index is 0.0636. The standard InChI is InChI=1S/C34H24N2O.C28H17NO.C26H17NO.C16H17NO.C13H11NO.C12H8BrNO/c1-35(2)29-17-16-26-23-9-4-7-21-19(13-14-25(31(21)23)24-10-5-11-27(29)32(24)26)20-15-18-30-33-22(20)8-6-12-28(33)34(37)36(30)3;1-29-24-14-13-19(20-9-4-10-22(27(20)24)28(29)30)23-15-18-7-2-5-16-11-12-17-6-3-8-21(23)26(17)25(16)18;1-27-23-14-13-21(20-11-6-12-22(25(20)23)26(27)28)24-18-9-4-2-7-16(18)15-17-8-3-5-10-19(17)24;1-16(2,3)11-8-10-6-5-7-12-14(10)13(9-11)17(4)15(12)18;1-8-6-7-10-12-9(8)4-3-5-11(12)14(2)13(10)15;1-14-9-4-2-3-7-5-6-8(13)11(10(7)9)12(14)15/h4-18H,1-3H3;2-15H,1H3;2-15H,1H3;5-9H,1-4H3;3-7H,1-2H3;2-6H,1H3. The van der Waals surface area contributed by atoms with E-state index in [4.69, 9.17) is 0 Å². The first-order chi connectivity index (χ1) is 69.3. The molecule has 0 bridgehead atoms. The van der Waals surface area contributed by atoms with Gasteiger partial charge < -0.3 is 34.3 Å². The molecule has 6 aliphatic rings. The second-order valence-electron chi connectivity index (χ2n) is 39.7. The fraction of sp³-hybridized carbons (Fsp3) is 0.101. The quantitative estimate of drug-likeness (QED) is 0.127. The lowest BCUT2D eigenvalue weighted by Gasteiger charge is -2.21. The monoisotopic (exact) mass is 1920 g/mol. The van der Waals surface area contributed by atoms with Crippen LogP contribution in [0.5, 0.6) is 0 Å². The van der Waals surface area contributed by atoms with Crippen molar-refractivity contribution in [2.75, 3.05) is 90.7 Å². The van der Waals surface area contributed by atoms with E-state index < -0.39 is 0 Å². The largest absolute Gasteiger partial charge is 0.377 e. The summed E-state index contributed by atoms with van der Waals surface area (Å²) in [5.74, 6) is 0.469. The third-order valence-corrected chi connectivity index (χ3v) is 31.4. The summed E-state index contributed by atoms with van der Waals surface area (Å²) in [6.07, 6.45) is 0. The van der Waals surface area contributed by atoms with Gasteiger partial charge in [-0.25, -0.2) is 0 Å². The van der Waals surface area contributed by atoms with Gasteiger partial charge in [-0.15, -0.1) is 0 Å². The Morgan fingerprint density at radius 1 is 0.217 bits per heavy atom. The molecule has 0 fully saturated rings. The van der Waals surface area contributed by atoms with Crippen LogP contribution in [0.1, 0.15) is 94.0 Å². The molecule has 13 nitrogen and oxygen atoms in total. The molecule has 24 aromatic carbocycles. The summed E-state index contributed by atoms with van der Waals surface area (Å²) in [5, 5.41) is 36.2. The van der Waals surface area contributed by atoms with Crippen LogP contribution in [0.15, 0.2) is 356 Å². The fourth-order valence-electron chi connectivity index (χ4n) is 23.7. The van der Waals surface area contributed by atoms with Crippen molar-refractivity contribution in [1.82, 2.24) is 0 Å². The van der Waals surface area contributed by atoms with E-state index in [9.17, 15) is 28.8 Å². The molecule has 0 saturated heterocycles. The van der Waals surface area contributed by atoms with Gasteiger partial charge in [-0.1, -0.05) is 282 Å². The molecule has 0 atom stereocenters. The highest BCUT2D eigenvalue weighted by molar-refractivity contribution is 9.10. The maximum Gasteiger partial charge on any atom is 0.259 e. The number of anilines is 7. The van der Waals surface area contributed by atoms with Crippen LogP contribution in [-0.2, 0) is 5.41 Å². The van der Waals surface area contributed by atoms with Crippen molar-refractivity contribution in [3.63, 3.8) is 0 Å². The Morgan fingerprint density at radius 3 is 1.11 bits per heavy atom. The topological polar surface area (TPSA) is 125 Å². The van der Waals surface area contributed by atoms with Gasteiger partial charge in [0.1, 0.15) is 0 Å². The second-order valence-corrected chi connectivity index (χ2v) is 40.5. The van der Waals surface area contributed by atoms with Gasteiger partial charge in [0.05, 0.1) is 39.7 Å². The lowest BCUT2D eigenvalue weighted by atomic mass is 9.85. The van der Waals surface area contributed by atoms with Crippen molar-refractivity contribution in [2.24, 2.45) is 0 Å². The number of carbonyl (C=O) groups excluding carboxylic acids is 6. The Kier molecular flexibility index (Phi) is 20.0. The lowest BCUT2D eigenvalue weighted by Crippen LogP contribution is -2.21. The molecular formula is C129H94BrN7O6. The number of fused-ring (bicyclic) bond motifs is 4. The first-order valence-electron chi connectivity index (χ1n) is 48.3. The number of aryl methyl sites for hydroxylation is 1. The molecular weight excluding hydrogens is 1820 g/mol. The van der Waals surface area contributed by atoms with Crippen LogP contribution in [0.2, 0.25) is 0 Å². The van der Waals surface area contributed by atoms with Gasteiger partial charge >= 0.3 is 0 Å². The van der Waals surface area contributed by atoms with E-state index in [2.05, 4.69) is 311 Å². The maximum absolute atomic E-state index is 12.9. The van der Waals surface area contributed by atoms with Crippen molar-refractivity contribution in [2.45, 2.75) is 33.1 Å². The van der Waals surface area contributed by atoms with Crippen molar-refractivity contribution in [3.8, 4) is 33.4 Å². The minimum Gasteiger partial charge on any atom is -0.377 e. The zero-order valence-electron chi connectivity index (χ0n) is 80.9. The molecule has 0 saturated carbocycles. The zero-order valence-corrected chi connectivity index (χ0v) is 82.5. The maximum atomic E-state index is 12.9. The lowest BCUT2D eigenvalue weighted by molar-refractivity contribution is 0.0990. The second kappa shape index (κ2) is 32.7. The van der Waals surface area contributed by atoms with Gasteiger partial charge in [0.2, 0.25) is 0 Å². The molecule has 24 aromatic rings. The molecule has 14 heteroatoms. The summed E-state index contributed by atoms with van der Waals surface area (Å²) in [5.41, 5.74) is 21.8. The van der Waals surface area contributed by atoms with Crippen molar-refractivity contribution in [1.29, 1.82) is 0 Å². The van der Waals surface area contributed by atoms with Gasteiger partial charge in [-0.05, 0) is 288 Å². The first-order valence-corrected chi connectivity index (χ1v) is 49.1. The summed E-state index contributed by atoms with van der Waals surface area (Å²) < 4.78 is 0.872. The van der Waals surface area contributed by atoms with Crippen LogP contribution in [0, 0.1) is 6.92 Å². The average Bonchev–Trinajstić information content (AvgIpc) is 0.765. The number of halogens is 1. The molecule has 143 heavy (non-hydrogen) atoms. The van der Waals surface area contributed by atoms with E-state index in [0.717, 1.165) is 131 Å². The van der Waals surface area contributed by atoms with Crippen LogP contribution in [0.25, 0.3) is 195 Å². The predicted molar refractivity (Wildman–Crippen MR) is 602 cm³/mol. The van der Waals surface area contributed by atoms with Gasteiger partial charge in [-0.3, -0.25) is 28.8 Å². The number of nitrogens with zero attached hydrogens (tertiary/aromatic N) is 7. The fourth-order valence-corrected chi connectivity index (χ4v) is 24.2. The number of hydrogen-bond donors (Lipinski definition) is 0. The van der Waals surface area contributed by atoms with E-state index in [1.54, 1.807) is 29.4 Å². The molecule has 6 heterocycles. The van der Waals surface area contributed by atoms with Crippen LogP contribution >= 0.6 is 15.9 Å². The van der Waals surface area contributed by atoms with Crippen molar-refractivity contribution in [3.05, 3.63) is 401 Å². The Morgan fingerprint density at radius 2 is 0.552 bits per heavy atom. The van der Waals surface area contributed by atoms with Gasteiger partial charge in [0.25, 0.3) is 35.4 Å². The Hall–Kier alpha value is -17.2. The third kappa shape index (κ3) is 13.1. The third-order valence-electron chi connectivity index (χ3n) is 30.7. The summed E-state index contributed by atoms with van der Waals surface area (Å²) in [6.45, 7) is 8.66. The van der Waals surface area contributed by atoms with Gasteiger partial charge in [0.15, 0.2) is 0 Å². The molecule has 688 valence electrons. The molecule has 0 N–H and O–H groups in total. The van der Waals surface area contributed by atoms with Gasteiger partial charge in [0, 0.05) is 132 Å². The molecule has 0 spiro atoms. The number of rotatable bonds is 4. The predicted octanol–water partition coefficient (Wildman–Crippen LogP) is 31.3. The highest BCUT2D eigenvalue weighted by Gasteiger charge is 2.36. The molecule has 6 amide bonds. The first kappa shape index (κ1) is 87.3. The summed E-state index contributed by atoms with van der Waals surface area (Å²) in [6, 6.07) is 123. The Labute approximate surface area is 833 Å². The number of amides is 6. The van der Waals surface area contributed by atoms with Crippen LogP contribution in [-0.4, -0.2) is 91.8 Å². The summed E-state index contributed by atoms with van der Waals surface area (Å²) in [7, 11) is 15.3. The number of benzene rings is 24. The summed E-state index contributed by atoms with van der Waals surface area (Å²) >= 11 is 3.43. The van der Waals surface area contributed by atoms with Crippen LogP contribution in [0.3, 0.4) is 0 Å². The van der Waals surface area contributed by atoms with E-state index in [0.29, 0.717) is 0 Å². The molecule has 0 unspecified atom stereocenters. The molecule has 30 rings (SSSR count). The highest BCUT2D eigenvalue weighted by Crippen LogP contribution is 2.53. The molecule has 6 aliphatic heterocycles. The smallest absolute Gasteiger partial charge is 0.259 e. The van der Waals surface area contributed by atoms with E-state index in [-0.39, 0.29) is 40.9 Å². The highest BCUT2D eigenvalue weighted by atomic mass is 79.9. The number of hydrogen-bond acceptors (Lipinski definition) is 7. The van der Waals surface area contributed by atoms with Crippen molar-refractivity contribution >= 4 is 253 Å². The number of carbonyl (C=O) groups is 6. The normalized spacial score (nSPS) is 13.6. The SMILES string of the molecule is CN(C)c1ccc2c3cccc4c(-c5ccc6c7c(cccc57)C(=O)N6C)ccc(c5cccc1c52)c43.CN1C(=O)c2c(Br)ccc3cccc1c23.CN1C(=O)c2cccc3c(-c4c5ccccc5cc5ccccc45)ccc1c23.CN1C(=O)c2cccc3c(-c4cc5cccc6ccc7cccc4c7c65)ccc1c23.CN1C(=O)c2cccc3cc(C(C)(C)C)cc1c23.Cc1ccc2c3c(cccc13)N(C)C2=O. The zero-order chi connectivity index (χ0) is 98.0. The van der Waals surface area contributed by atoms with E-state index >= 15 is 0 Å². The van der Waals surface area contributed by atoms with Crippen LogP contribution < -0.4 is 34.3 Å². The average molecular weight is 1920 g/mol. The molecule has 0 radical (unpaired) electrons. The van der Waals surface area contributed by atoms with E-state index in [1.807, 2.05) is 145 Å². The molecule has 0 aliphatic carbocycles. The minimum atomic E-state index is 0.0636. The van der Waals surface area contributed by atoms with Crippen molar-refractivity contribution < 1.29 is 28.8 Å². The van der Waals surface area contributed by atoms with Crippen LogP contribution in [0.4, 0.5) is 39.8 Å². The Balaban J connectivity index is 0.0000000929. The van der Waals surface area contributed by atoms with Gasteiger partial charge in [-0.2, -0.15) is 0 Å². The summed E-state index contributed by atoms with van der Waals surface area (Å²) in [4.78, 5) is 87.0. The van der Waals surface area contributed by atoms with E-state index in [1.165, 1.54) is 153 Å². The molecule has 0 aromatic heterocycles. The Bertz CT molecular complexity index is 9740.